The topological polar surface area (TPSA) is 38.1 Å². The SMILES string of the molecule is CC(C)CN(Cc1nc2cc(F)ccc2n1C1CCCC1)C(=O)c1cccc(Br)c1. The largest absolute Gasteiger partial charge is 0.331 e. The lowest BCUT2D eigenvalue weighted by atomic mass is 10.1. The van der Waals surface area contributed by atoms with E-state index in [0.29, 0.717) is 36.1 Å². The first kappa shape index (κ1) is 21.0. The van der Waals surface area contributed by atoms with Crippen LogP contribution in [-0.4, -0.2) is 26.9 Å². The molecule has 0 spiro atoms. The zero-order valence-corrected chi connectivity index (χ0v) is 19.0. The van der Waals surface area contributed by atoms with Gasteiger partial charge in [0.25, 0.3) is 5.91 Å². The summed E-state index contributed by atoms with van der Waals surface area (Å²) in [5, 5.41) is 0. The summed E-state index contributed by atoms with van der Waals surface area (Å²) in [5.41, 5.74) is 2.27. The molecular weight excluding hydrogens is 445 g/mol. The number of halogens is 2. The summed E-state index contributed by atoms with van der Waals surface area (Å²) in [7, 11) is 0. The van der Waals surface area contributed by atoms with Gasteiger partial charge in [0, 0.05) is 28.7 Å². The van der Waals surface area contributed by atoms with Gasteiger partial charge in [0.1, 0.15) is 11.6 Å². The Morgan fingerprint density at radius 2 is 2.00 bits per heavy atom. The molecule has 1 aromatic heterocycles. The number of nitrogens with zero attached hydrogens (tertiary/aromatic N) is 3. The van der Waals surface area contributed by atoms with Crippen molar-refractivity contribution in [3.05, 3.63) is 64.1 Å². The van der Waals surface area contributed by atoms with Crippen molar-refractivity contribution in [1.82, 2.24) is 14.5 Å². The number of imidazole rings is 1. The summed E-state index contributed by atoms with van der Waals surface area (Å²) in [4.78, 5) is 20.0. The van der Waals surface area contributed by atoms with Gasteiger partial charge in [-0.2, -0.15) is 0 Å². The number of benzene rings is 2. The van der Waals surface area contributed by atoms with Crippen LogP contribution >= 0.6 is 15.9 Å². The third kappa shape index (κ3) is 4.43. The number of hydrogen-bond donors (Lipinski definition) is 0. The molecule has 0 bridgehead atoms. The average molecular weight is 472 g/mol. The van der Waals surface area contributed by atoms with Gasteiger partial charge >= 0.3 is 0 Å². The van der Waals surface area contributed by atoms with Gasteiger partial charge in [-0.15, -0.1) is 0 Å². The molecule has 0 aliphatic heterocycles. The molecule has 0 N–H and O–H groups in total. The minimum Gasteiger partial charge on any atom is -0.331 e. The first-order chi connectivity index (χ1) is 14.4. The molecule has 1 heterocycles. The van der Waals surface area contributed by atoms with Crippen LogP contribution in [0.2, 0.25) is 0 Å². The zero-order chi connectivity index (χ0) is 21.3. The monoisotopic (exact) mass is 471 g/mol. The molecule has 4 rings (SSSR count). The molecule has 1 fully saturated rings. The van der Waals surface area contributed by atoms with Crippen molar-refractivity contribution in [2.75, 3.05) is 6.54 Å². The van der Waals surface area contributed by atoms with Gasteiger partial charge in [0.05, 0.1) is 17.6 Å². The Morgan fingerprint density at radius 3 is 2.70 bits per heavy atom. The Bertz CT molecular complexity index is 1060. The second kappa shape index (κ2) is 8.88. The normalized spacial score (nSPS) is 14.7. The molecule has 1 aliphatic carbocycles. The van der Waals surface area contributed by atoms with Crippen LogP contribution in [0.25, 0.3) is 11.0 Å². The van der Waals surface area contributed by atoms with Crippen molar-refractivity contribution in [2.24, 2.45) is 5.92 Å². The second-order valence-electron chi connectivity index (χ2n) is 8.56. The molecule has 1 aliphatic rings. The predicted octanol–water partition coefficient (Wildman–Crippen LogP) is 6.35. The van der Waals surface area contributed by atoms with Crippen LogP contribution in [0.4, 0.5) is 4.39 Å². The third-order valence-electron chi connectivity index (χ3n) is 5.69. The number of amides is 1. The van der Waals surface area contributed by atoms with E-state index in [2.05, 4.69) is 34.3 Å². The summed E-state index contributed by atoms with van der Waals surface area (Å²) in [6.07, 6.45) is 4.58. The van der Waals surface area contributed by atoms with Crippen molar-refractivity contribution in [3.8, 4) is 0 Å². The van der Waals surface area contributed by atoms with Gasteiger partial charge < -0.3 is 9.47 Å². The average Bonchev–Trinajstić information content (AvgIpc) is 3.33. The van der Waals surface area contributed by atoms with Crippen molar-refractivity contribution in [1.29, 1.82) is 0 Å². The second-order valence-corrected chi connectivity index (χ2v) is 9.47. The Hall–Kier alpha value is -2.21. The molecule has 1 saturated carbocycles. The highest BCUT2D eigenvalue weighted by Crippen LogP contribution is 2.34. The van der Waals surface area contributed by atoms with Crippen molar-refractivity contribution in [3.63, 3.8) is 0 Å². The van der Waals surface area contributed by atoms with E-state index in [1.807, 2.05) is 35.2 Å². The zero-order valence-electron chi connectivity index (χ0n) is 17.4. The van der Waals surface area contributed by atoms with Gasteiger partial charge in [-0.3, -0.25) is 4.79 Å². The Kier molecular flexibility index (Phi) is 6.23. The number of fused-ring (bicyclic) bond motifs is 1. The van der Waals surface area contributed by atoms with Gasteiger partial charge in [-0.1, -0.05) is 48.7 Å². The fourth-order valence-corrected chi connectivity index (χ4v) is 4.84. The fraction of sp³-hybridized carbons (Fsp3) is 0.417. The molecule has 1 amide bonds. The first-order valence-electron chi connectivity index (χ1n) is 10.6. The van der Waals surface area contributed by atoms with Gasteiger partial charge in [-0.25, -0.2) is 9.37 Å². The maximum absolute atomic E-state index is 13.9. The van der Waals surface area contributed by atoms with E-state index >= 15 is 0 Å². The Balaban J connectivity index is 1.73. The van der Waals surface area contributed by atoms with E-state index in [0.717, 1.165) is 28.7 Å². The molecule has 30 heavy (non-hydrogen) atoms. The van der Waals surface area contributed by atoms with Crippen LogP contribution < -0.4 is 0 Å². The van der Waals surface area contributed by atoms with Crippen LogP contribution in [0, 0.1) is 11.7 Å². The van der Waals surface area contributed by atoms with E-state index in [-0.39, 0.29) is 11.7 Å². The maximum Gasteiger partial charge on any atom is 0.254 e. The van der Waals surface area contributed by atoms with E-state index < -0.39 is 0 Å². The summed E-state index contributed by atoms with van der Waals surface area (Å²) >= 11 is 3.46. The molecule has 0 unspecified atom stereocenters. The summed E-state index contributed by atoms with van der Waals surface area (Å²) in [6, 6.07) is 12.7. The number of aromatic nitrogens is 2. The molecule has 0 saturated heterocycles. The molecule has 6 heteroatoms. The smallest absolute Gasteiger partial charge is 0.254 e. The number of carbonyl (C=O) groups is 1. The summed E-state index contributed by atoms with van der Waals surface area (Å²) in [5.74, 6) is 0.866. The Labute approximate surface area is 185 Å². The highest BCUT2D eigenvalue weighted by molar-refractivity contribution is 9.10. The van der Waals surface area contributed by atoms with Gasteiger partial charge in [0.2, 0.25) is 0 Å². The minimum atomic E-state index is -0.283. The lowest BCUT2D eigenvalue weighted by molar-refractivity contribution is 0.0715. The quantitative estimate of drug-likeness (QED) is 0.419. The maximum atomic E-state index is 13.9. The van der Waals surface area contributed by atoms with Gasteiger partial charge in [0.15, 0.2) is 0 Å². The molecular formula is C24H27BrFN3O. The van der Waals surface area contributed by atoms with Gasteiger partial charge in [-0.05, 0) is 49.1 Å². The van der Waals surface area contributed by atoms with Crippen LogP contribution in [0.15, 0.2) is 46.9 Å². The van der Waals surface area contributed by atoms with E-state index in [4.69, 9.17) is 4.98 Å². The third-order valence-corrected chi connectivity index (χ3v) is 6.18. The lowest BCUT2D eigenvalue weighted by Gasteiger charge is -2.26. The summed E-state index contributed by atoms with van der Waals surface area (Å²) in [6.45, 7) is 5.26. The minimum absolute atomic E-state index is 0.0128. The standard InChI is InChI=1S/C24H27BrFN3O/c1-16(2)14-28(24(30)17-6-5-7-18(25)12-17)15-23-27-21-13-19(26)10-11-22(21)29(23)20-8-3-4-9-20/h5-7,10-13,16,20H,3-4,8-9,14-15H2,1-2H3. The predicted molar refractivity (Wildman–Crippen MR) is 121 cm³/mol. The van der Waals surface area contributed by atoms with Crippen molar-refractivity contribution < 1.29 is 9.18 Å². The lowest BCUT2D eigenvalue weighted by Crippen LogP contribution is -2.35. The first-order valence-corrected chi connectivity index (χ1v) is 11.4. The summed E-state index contributed by atoms with van der Waals surface area (Å²) < 4.78 is 17.0. The molecule has 158 valence electrons. The van der Waals surface area contributed by atoms with Crippen LogP contribution in [-0.2, 0) is 6.54 Å². The van der Waals surface area contributed by atoms with Crippen LogP contribution in [0.3, 0.4) is 0 Å². The molecule has 4 nitrogen and oxygen atoms in total. The van der Waals surface area contributed by atoms with E-state index in [1.54, 1.807) is 0 Å². The molecule has 2 aromatic carbocycles. The highest BCUT2D eigenvalue weighted by atomic mass is 79.9. The number of rotatable bonds is 6. The van der Waals surface area contributed by atoms with E-state index in [1.165, 1.54) is 25.0 Å². The van der Waals surface area contributed by atoms with Crippen LogP contribution in [0.1, 0.15) is 61.8 Å². The van der Waals surface area contributed by atoms with E-state index in [9.17, 15) is 9.18 Å². The van der Waals surface area contributed by atoms with Crippen molar-refractivity contribution >= 4 is 32.9 Å². The van der Waals surface area contributed by atoms with Crippen molar-refractivity contribution in [2.45, 2.75) is 52.1 Å². The number of hydrogen-bond acceptors (Lipinski definition) is 2. The highest BCUT2D eigenvalue weighted by Gasteiger charge is 2.26. The Morgan fingerprint density at radius 1 is 1.23 bits per heavy atom. The molecule has 3 aromatic rings. The molecule has 0 radical (unpaired) electrons. The fourth-order valence-electron chi connectivity index (χ4n) is 4.44. The number of carbonyl (C=O) groups excluding carboxylic acids is 1. The molecule has 0 atom stereocenters. The van der Waals surface area contributed by atoms with Crippen LogP contribution in [0.5, 0.6) is 0 Å².